The van der Waals surface area contributed by atoms with Gasteiger partial charge in [0, 0.05) is 36.5 Å². The van der Waals surface area contributed by atoms with Crippen LogP contribution in [0.2, 0.25) is 0 Å². The van der Waals surface area contributed by atoms with Crippen molar-refractivity contribution in [3.63, 3.8) is 0 Å². The number of nitrogens with one attached hydrogen (secondary N) is 2. The lowest BCUT2D eigenvalue weighted by Crippen LogP contribution is -2.38. The topological polar surface area (TPSA) is 143 Å². The normalized spacial score (nSPS) is 11.5. The van der Waals surface area contributed by atoms with E-state index < -0.39 is 33.0 Å². The van der Waals surface area contributed by atoms with Gasteiger partial charge in [0.1, 0.15) is 5.82 Å². The Morgan fingerprint density at radius 3 is 2.18 bits per heavy atom. The Hall–Kier alpha value is -4.12. The molecule has 0 aliphatic carbocycles. The third-order valence-corrected chi connectivity index (χ3v) is 7.12. The quantitative estimate of drug-likeness (QED) is 0.337. The zero-order valence-corrected chi connectivity index (χ0v) is 22.6. The van der Waals surface area contributed by atoms with Gasteiger partial charge in [-0.1, -0.05) is 25.1 Å². The molecule has 0 saturated carbocycles. The number of carbonyl (C=O) groups is 3. The van der Waals surface area contributed by atoms with E-state index in [1.54, 1.807) is 25.3 Å². The molecule has 208 valence electrons. The Morgan fingerprint density at radius 1 is 1.00 bits per heavy atom. The maximum absolute atomic E-state index is 12.9. The Morgan fingerprint density at radius 2 is 1.67 bits per heavy atom. The summed E-state index contributed by atoms with van der Waals surface area (Å²) in [6.45, 7) is 3.99. The van der Waals surface area contributed by atoms with Crippen molar-refractivity contribution in [1.29, 1.82) is 0 Å². The summed E-state index contributed by atoms with van der Waals surface area (Å²) >= 11 is 0. The van der Waals surface area contributed by atoms with Crippen LogP contribution in [0.3, 0.4) is 0 Å². The highest BCUT2D eigenvalue weighted by Crippen LogP contribution is 2.15. The first-order valence-corrected chi connectivity index (χ1v) is 13.8. The number of pyridine rings is 1. The number of aliphatic carboxylic acids is 1. The third-order valence-electron chi connectivity index (χ3n) is 5.62. The summed E-state index contributed by atoms with van der Waals surface area (Å²) in [6, 6.07) is 16.1. The number of carbonyl (C=O) groups excluding carboxylic acids is 2. The molecule has 1 atom stereocenters. The predicted octanol–water partition coefficient (Wildman–Crippen LogP) is 4.31. The van der Waals surface area contributed by atoms with E-state index in [0.29, 0.717) is 19.4 Å². The minimum absolute atomic E-state index is 0.115. The van der Waals surface area contributed by atoms with Gasteiger partial charge >= 0.3 is 11.2 Å². The number of aryl methyl sites for hydroxylation is 1. The van der Waals surface area contributed by atoms with Gasteiger partial charge < -0.3 is 15.7 Å². The van der Waals surface area contributed by atoms with Gasteiger partial charge in [0.05, 0.1) is 4.90 Å². The van der Waals surface area contributed by atoms with E-state index in [0.717, 1.165) is 11.3 Å². The maximum atomic E-state index is 12.9. The Balaban J connectivity index is 0.000000658. The first-order valence-electron chi connectivity index (χ1n) is 12.3. The molecule has 3 aromatic rings. The van der Waals surface area contributed by atoms with Crippen molar-refractivity contribution in [3.8, 4) is 0 Å². The summed E-state index contributed by atoms with van der Waals surface area (Å²) in [6.07, 6.45) is 2.59. The van der Waals surface area contributed by atoms with Crippen LogP contribution in [0.15, 0.2) is 77.8 Å². The molecule has 1 heterocycles. The molecule has 0 aliphatic rings. The molecule has 3 N–H and O–H groups in total. The van der Waals surface area contributed by atoms with Crippen molar-refractivity contribution < 1.29 is 32.3 Å². The molecule has 0 spiro atoms. The molecule has 2 aromatic carbocycles. The van der Waals surface area contributed by atoms with E-state index in [2.05, 4.69) is 15.6 Å². The van der Waals surface area contributed by atoms with Gasteiger partial charge in [-0.15, -0.1) is 0 Å². The number of halogens is 1. The van der Waals surface area contributed by atoms with Gasteiger partial charge in [-0.05, 0) is 80.3 Å². The summed E-state index contributed by atoms with van der Waals surface area (Å²) in [5, 5.41) is 12.6. The summed E-state index contributed by atoms with van der Waals surface area (Å²) in [7, 11) is -4.34. The summed E-state index contributed by atoms with van der Waals surface area (Å²) < 4.78 is 37.9. The zero-order chi connectivity index (χ0) is 28.8. The minimum atomic E-state index is -4.34. The van der Waals surface area contributed by atoms with Crippen molar-refractivity contribution >= 4 is 27.0 Å². The summed E-state index contributed by atoms with van der Waals surface area (Å²) in [5.74, 6) is -1.79. The Bertz CT molecular complexity index is 1330. The highest BCUT2D eigenvalue weighted by Gasteiger charge is 2.27. The number of nitrogens with zero attached hydrogens (tertiary/aromatic N) is 1. The fraction of sp³-hybridized carbons (Fsp3) is 0.286. The van der Waals surface area contributed by atoms with E-state index in [1.807, 2.05) is 25.1 Å². The first-order chi connectivity index (χ1) is 18.5. The molecule has 0 radical (unpaired) electrons. The number of hydrogen-bond acceptors (Lipinski definition) is 6. The van der Waals surface area contributed by atoms with Gasteiger partial charge in [0.15, 0.2) is 0 Å². The van der Waals surface area contributed by atoms with Crippen LogP contribution < -0.4 is 10.6 Å². The number of rotatable bonds is 10. The number of hydrogen-bond donors (Lipinski definition) is 3. The molecule has 1 unspecified atom stereocenters. The number of aromatic nitrogens is 1. The van der Waals surface area contributed by atoms with Crippen LogP contribution in [0.4, 0.5) is 9.18 Å². The fourth-order valence-electron chi connectivity index (χ4n) is 3.33. The van der Waals surface area contributed by atoms with Gasteiger partial charge in [0.2, 0.25) is 0 Å². The maximum Gasteiger partial charge on any atom is 0.341 e. The SMILES string of the molecule is CCC(CCC(=O)O)NC(=O)S(=O)(=O)c1ccc(C(=O)NCCc2ccc(F)cc2)cc1.Cc1ccccn1. The van der Waals surface area contributed by atoms with E-state index in [4.69, 9.17) is 5.11 Å². The lowest BCUT2D eigenvalue weighted by atomic mass is 10.1. The highest BCUT2D eigenvalue weighted by molar-refractivity contribution is 8.06. The lowest BCUT2D eigenvalue weighted by Gasteiger charge is -2.16. The average Bonchev–Trinajstić information content (AvgIpc) is 2.92. The molecule has 0 aliphatic heterocycles. The van der Waals surface area contributed by atoms with Gasteiger partial charge in [-0.25, -0.2) is 12.8 Å². The second-order valence-electron chi connectivity index (χ2n) is 8.60. The minimum Gasteiger partial charge on any atom is -0.481 e. The lowest BCUT2D eigenvalue weighted by molar-refractivity contribution is -0.137. The van der Waals surface area contributed by atoms with Crippen LogP contribution in [-0.2, 0) is 21.1 Å². The molecule has 1 aromatic heterocycles. The second kappa shape index (κ2) is 15.3. The van der Waals surface area contributed by atoms with Crippen molar-refractivity contribution in [2.45, 2.75) is 50.5 Å². The van der Waals surface area contributed by atoms with Crippen LogP contribution in [0.1, 0.15) is 47.8 Å². The monoisotopic (exact) mass is 557 g/mol. The van der Waals surface area contributed by atoms with E-state index in [-0.39, 0.29) is 29.1 Å². The molecule has 11 heteroatoms. The van der Waals surface area contributed by atoms with Crippen molar-refractivity contribution in [3.05, 3.63) is 95.6 Å². The fourth-order valence-corrected chi connectivity index (χ4v) is 4.36. The Kier molecular flexibility index (Phi) is 12.2. The molecular formula is C28H32FN3O6S. The number of amides is 2. The Labute approximate surface area is 227 Å². The van der Waals surface area contributed by atoms with Crippen LogP contribution >= 0.6 is 0 Å². The molecule has 0 bridgehead atoms. The first kappa shape index (κ1) is 31.1. The summed E-state index contributed by atoms with van der Waals surface area (Å²) in [5.41, 5.74) is 2.15. The van der Waals surface area contributed by atoms with E-state index in [1.165, 1.54) is 36.4 Å². The van der Waals surface area contributed by atoms with E-state index in [9.17, 15) is 27.2 Å². The molecular weight excluding hydrogens is 525 g/mol. The predicted molar refractivity (Wildman–Crippen MR) is 145 cm³/mol. The molecule has 0 fully saturated rings. The second-order valence-corrected chi connectivity index (χ2v) is 10.4. The smallest absolute Gasteiger partial charge is 0.341 e. The highest BCUT2D eigenvalue weighted by atomic mass is 32.2. The largest absolute Gasteiger partial charge is 0.481 e. The average molecular weight is 558 g/mol. The molecule has 9 nitrogen and oxygen atoms in total. The molecule has 3 rings (SSSR count). The van der Waals surface area contributed by atoms with Crippen LogP contribution in [0.25, 0.3) is 0 Å². The van der Waals surface area contributed by atoms with Gasteiger partial charge in [0.25, 0.3) is 15.7 Å². The van der Waals surface area contributed by atoms with Crippen LogP contribution in [-0.4, -0.2) is 48.2 Å². The van der Waals surface area contributed by atoms with Crippen LogP contribution in [0, 0.1) is 12.7 Å². The number of benzene rings is 2. The van der Waals surface area contributed by atoms with Crippen molar-refractivity contribution in [1.82, 2.24) is 15.6 Å². The number of sulfone groups is 1. The molecule has 39 heavy (non-hydrogen) atoms. The number of carboxylic acid groups (broad SMARTS) is 1. The van der Waals surface area contributed by atoms with E-state index >= 15 is 0 Å². The van der Waals surface area contributed by atoms with Crippen molar-refractivity contribution in [2.24, 2.45) is 0 Å². The van der Waals surface area contributed by atoms with Gasteiger partial charge in [-0.2, -0.15) is 0 Å². The zero-order valence-electron chi connectivity index (χ0n) is 21.8. The standard InChI is InChI=1S/C22H25FN2O6S.C6H7N/c1-2-18(9-12-20(26)27)25-22(29)32(30,31)19-10-5-16(6-11-19)21(28)24-14-13-15-3-7-17(23)8-4-15;1-6-4-2-3-5-7-6/h3-8,10-11,18H,2,9,12-14H2,1H3,(H,24,28)(H,25,29)(H,26,27);2-5H,1H3. The third kappa shape index (κ3) is 10.6. The summed E-state index contributed by atoms with van der Waals surface area (Å²) in [4.78, 5) is 38.9. The molecule has 0 saturated heterocycles. The number of carboxylic acids is 1. The van der Waals surface area contributed by atoms with Crippen LogP contribution in [0.5, 0.6) is 0 Å². The van der Waals surface area contributed by atoms with Crippen molar-refractivity contribution in [2.75, 3.05) is 6.54 Å². The molecule has 2 amide bonds. The van der Waals surface area contributed by atoms with Gasteiger partial charge in [-0.3, -0.25) is 19.4 Å².